The molecular formula is C34H32Br2N2O7S. The molecule has 9 nitrogen and oxygen atoms in total. The van der Waals surface area contributed by atoms with Crippen LogP contribution in [0.4, 0.5) is 0 Å². The first-order valence-electron chi connectivity index (χ1n) is 14.4. The lowest BCUT2D eigenvalue weighted by Gasteiger charge is -2.26. The highest BCUT2D eigenvalue weighted by Gasteiger charge is 2.35. The van der Waals surface area contributed by atoms with E-state index in [2.05, 4.69) is 36.9 Å². The topological polar surface area (TPSA) is 97.6 Å². The van der Waals surface area contributed by atoms with E-state index in [1.807, 2.05) is 49.4 Å². The Hall–Kier alpha value is -3.87. The first kappa shape index (κ1) is 33.5. The SMILES string of the molecule is CCOC(=O)C1=C(C)N=c2s/c(=C/c3cc(OC)c(OCc4ccccc4)cc3Br)c(=O)n2[C@H]1c1cc(OC)c(OCC)cc1Br. The van der Waals surface area contributed by atoms with E-state index in [1.54, 1.807) is 46.3 Å². The fraction of sp³-hybridized carbons (Fsp3) is 0.265. The van der Waals surface area contributed by atoms with Gasteiger partial charge < -0.3 is 23.7 Å². The molecule has 0 N–H and O–H groups in total. The van der Waals surface area contributed by atoms with Gasteiger partial charge in [0.1, 0.15) is 6.61 Å². The molecule has 1 aromatic heterocycles. The summed E-state index contributed by atoms with van der Waals surface area (Å²) < 4.78 is 31.8. The fourth-order valence-corrected chi connectivity index (χ4v) is 7.10. The second-order valence-corrected chi connectivity index (χ2v) is 12.8. The number of carbonyl (C=O) groups excluding carboxylic acids is 1. The van der Waals surface area contributed by atoms with Crippen molar-refractivity contribution in [3.05, 3.63) is 111 Å². The van der Waals surface area contributed by atoms with Crippen LogP contribution in [0.15, 0.2) is 84.6 Å². The average Bonchev–Trinajstić information content (AvgIpc) is 3.35. The van der Waals surface area contributed by atoms with Gasteiger partial charge in [0.2, 0.25) is 0 Å². The monoisotopic (exact) mass is 770 g/mol. The molecule has 0 amide bonds. The summed E-state index contributed by atoms with van der Waals surface area (Å²) in [5.41, 5.74) is 2.74. The minimum atomic E-state index is -0.844. The Morgan fingerprint density at radius 3 is 2.28 bits per heavy atom. The summed E-state index contributed by atoms with van der Waals surface area (Å²) in [6, 6.07) is 16.2. The number of thiazole rings is 1. The minimum absolute atomic E-state index is 0.168. The maximum atomic E-state index is 14.2. The molecule has 0 bridgehead atoms. The van der Waals surface area contributed by atoms with Gasteiger partial charge >= 0.3 is 5.97 Å². The molecule has 4 aromatic rings. The zero-order valence-electron chi connectivity index (χ0n) is 25.9. The van der Waals surface area contributed by atoms with E-state index in [9.17, 15) is 9.59 Å². The lowest BCUT2D eigenvalue weighted by atomic mass is 9.95. The number of methoxy groups -OCH3 is 2. The number of fused-ring (bicyclic) bond motifs is 1. The third kappa shape index (κ3) is 6.79. The van der Waals surface area contributed by atoms with E-state index in [0.717, 1.165) is 5.56 Å². The molecule has 0 spiro atoms. The molecule has 0 radical (unpaired) electrons. The highest BCUT2D eigenvalue weighted by molar-refractivity contribution is 9.10. The normalized spacial score (nSPS) is 14.4. The zero-order chi connectivity index (χ0) is 33.0. The van der Waals surface area contributed by atoms with E-state index in [1.165, 1.54) is 15.9 Å². The van der Waals surface area contributed by atoms with Crippen molar-refractivity contribution >= 4 is 55.2 Å². The Labute approximate surface area is 287 Å². The predicted molar refractivity (Wildman–Crippen MR) is 184 cm³/mol. The molecule has 0 unspecified atom stereocenters. The van der Waals surface area contributed by atoms with E-state index < -0.39 is 12.0 Å². The van der Waals surface area contributed by atoms with Gasteiger partial charge in [-0.05, 0) is 67.8 Å². The van der Waals surface area contributed by atoms with Gasteiger partial charge in [-0.1, -0.05) is 73.5 Å². The number of hydrogen-bond acceptors (Lipinski definition) is 9. The summed E-state index contributed by atoms with van der Waals surface area (Å²) in [5.74, 6) is 1.51. The summed E-state index contributed by atoms with van der Waals surface area (Å²) in [6.45, 7) is 6.33. The molecule has 0 saturated carbocycles. The molecule has 3 aromatic carbocycles. The van der Waals surface area contributed by atoms with Crippen LogP contribution >= 0.6 is 43.2 Å². The average molecular weight is 773 g/mol. The number of allylic oxidation sites excluding steroid dienone is 1. The van der Waals surface area contributed by atoms with E-state index in [-0.39, 0.29) is 17.7 Å². The highest BCUT2D eigenvalue weighted by Crippen LogP contribution is 2.41. The second-order valence-electron chi connectivity index (χ2n) is 10.1. The van der Waals surface area contributed by atoms with E-state index in [0.29, 0.717) is 71.3 Å². The molecule has 5 rings (SSSR count). The van der Waals surface area contributed by atoms with Gasteiger partial charge in [-0.25, -0.2) is 9.79 Å². The van der Waals surface area contributed by atoms with Crippen molar-refractivity contribution in [1.29, 1.82) is 0 Å². The lowest BCUT2D eigenvalue weighted by Crippen LogP contribution is -2.40. The second kappa shape index (κ2) is 14.7. The molecule has 12 heteroatoms. The van der Waals surface area contributed by atoms with Gasteiger partial charge in [-0.2, -0.15) is 0 Å². The van der Waals surface area contributed by atoms with Crippen LogP contribution in [-0.4, -0.2) is 38.0 Å². The van der Waals surface area contributed by atoms with E-state index >= 15 is 0 Å². The summed E-state index contributed by atoms with van der Waals surface area (Å²) in [4.78, 5) is 32.7. The Balaban J connectivity index is 1.64. The molecule has 240 valence electrons. The van der Waals surface area contributed by atoms with Gasteiger partial charge in [0.15, 0.2) is 27.8 Å². The van der Waals surface area contributed by atoms with Gasteiger partial charge in [0.25, 0.3) is 5.56 Å². The minimum Gasteiger partial charge on any atom is -0.493 e. The molecular weight excluding hydrogens is 740 g/mol. The summed E-state index contributed by atoms with van der Waals surface area (Å²) in [6.07, 6.45) is 1.77. The van der Waals surface area contributed by atoms with Crippen LogP contribution in [0, 0.1) is 0 Å². The Bertz CT molecular complexity index is 1990. The number of benzene rings is 3. The van der Waals surface area contributed by atoms with Crippen LogP contribution in [0.1, 0.15) is 43.5 Å². The number of esters is 1. The molecule has 1 atom stereocenters. The predicted octanol–water partition coefficient (Wildman–Crippen LogP) is 6.32. The largest absolute Gasteiger partial charge is 0.493 e. The number of rotatable bonds is 11. The van der Waals surface area contributed by atoms with Crippen molar-refractivity contribution in [2.45, 2.75) is 33.4 Å². The smallest absolute Gasteiger partial charge is 0.338 e. The summed E-state index contributed by atoms with van der Waals surface area (Å²) >= 11 is 8.52. The summed E-state index contributed by atoms with van der Waals surface area (Å²) in [7, 11) is 3.11. The molecule has 1 aliphatic heterocycles. The maximum Gasteiger partial charge on any atom is 0.338 e. The molecule has 2 heterocycles. The van der Waals surface area contributed by atoms with Crippen LogP contribution in [0.5, 0.6) is 23.0 Å². The lowest BCUT2D eigenvalue weighted by molar-refractivity contribution is -0.139. The first-order chi connectivity index (χ1) is 22.2. The molecule has 0 fully saturated rings. The molecule has 0 saturated heterocycles. The van der Waals surface area contributed by atoms with Crippen LogP contribution in [0.2, 0.25) is 0 Å². The van der Waals surface area contributed by atoms with Crippen molar-refractivity contribution < 1.29 is 28.5 Å². The van der Waals surface area contributed by atoms with Crippen molar-refractivity contribution in [3.63, 3.8) is 0 Å². The molecule has 1 aliphatic rings. The van der Waals surface area contributed by atoms with Crippen LogP contribution < -0.4 is 33.8 Å². The fourth-order valence-electron chi connectivity index (χ4n) is 5.08. The van der Waals surface area contributed by atoms with Gasteiger partial charge in [0, 0.05) is 8.95 Å². The number of nitrogens with zero attached hydrogens (tertiary/aromatic N) is 2. The first-order valence-corrected chi connectivity index (χ1v) is 16.8. The Morgan fingerprint density at radius 2 is 1.61 bits per heavy atom. The van der Waals surface area contributed by atoms with Crippen molar-refractivity contribution in [1.82, 2.24) is 4.57 Å². The third-order valence-corrected chi connectivity index (χ3v) is 9.56. The van der Waals surface area contributed by atoms with Crippen molar-refractivity contribution in [3.8, 4) is 23.0 Å². The number of carbonyl (C=O) groups is 1. The summed E-state index contributed by atoms with van der Waals surface area (Å²) in [5, 5.41) is 0. The van der Waals surface area contributed by atoms with Crippen molar-refractivity contribution in [2.75, 3.05) is 27.4 Å². The zero-order valence-corrected chi connectivity index (χ0v) is 29.9. The Morgan fingerprint density at radius 1 is 0.935 bits per heavy atom. The quantitative estimate of drug-likeness (QED) is 0.165. The number of halogens is 2. The number of aromatic nitrogens is 1. The molecule has 0 aliphatic carbocycles. The standard InChI is InChI=1S/C34H32Br2N2O7S/c1-6-43-27-17-24(36)22(15-26(27)42-5)31-30(33(40)44-7-2)19(3)37-34-38(31)32(39)29(46-34)14-21-13-25(41-4)28(16-23(21)35)45-18-20-11-9-8-10-12-20/h8-17,31H,6-7,18H2,1-5H3/b29-14+/t31-/m0/s1. The van der Waals surface area contributed by atoms with Gasteiger partial charge in [-0.3, -0.25) is 9.36 Å². The van der Waals surface area contributed by atoms with E-state index in [4.69, 9.17) is 23.7 Å². The van der Waals surface area contributed by atoms with Crippen molar-refractivity contribution in [2.24, 2.45) is 4.99 Å². The van der Waals surface area contributed by atoms with Crippen LogP contribution in [-0.2, 0) is 16.1 Å². The highest BCUT2D eigenvalue weighted by atomic mass is 79.9. The maximum absolute atomic E-state index is 14.2. The molecule has 46 heavy (non-hydrogen) atoms. The third-order valence-electron chi connectivity index (χ3n) is 7.20. The number of hydrogen-bond donors (Lipinski definition) is 0. The number of ether oxygens (including phenoxy) is 5. The van der Waals surface area contributed by atoms with Gasteiger partial charge in [-0.15, -0.1) is 0 Å². The van der Waals surface area contributed by atoms with Gasteiger partial charge in [0.05, 0.1) is 49.3 Å². The van der Waals surface area contributed by atoms with Crippen LogP contribution in [0.25, 0.3) is 6.08 Å². The van der Waals surface area contributed by atoms with Crippen LogP contribution in [0.3, 0.4) is 0 Å². The Kier molecular flexibility index (Phi) is 10.7.